The van der Waals surface area contributed by atoms with Crippen LogP contribution in [-0.2, 0) is 4.79 Å². The lowest BCUT2D eigenvalue weighted by molar-refractivity contribution is -0.121. The molecule has 1 saturated carbocycles. The number of carbonyl (C=O) groups is 1. The van der Waals surface area contributed by atoms with E-state index in [4.69, 9.17) is 0 Å². The summed E-state index contributed by atoms with van der Waals surface area (Å²) in [5.41, 5.74) is 0.288. The van der Waals surface area contributed by atoms with Gasteiger partial charge in [-0.2, -0.15) is 0 Å². The number of carbonyl (C=O) groups excluding carboxylic acids is 1. The van der Waals surface area contributed by atoms with Crippen molar-refractivity contribution in [1.29, 1.82) is 0 Å². The zero-order valence-electron chi connectivity index (χ0n) is 10.8. The lowest BCUT2D eigenvalue weighted by atomic mass is 9.86. The van der Waals surface area contributed by atoms with E-state index in [1.165, 1.54) is 0 Å². The molecule has 0 saturated heterocycles. The van der Waals surface area contributed by atoms with Crippen molar-refractivity contribution in [3.63, 3.8) is 0 Å². The lowest BCUT2D eigenvalue weighted by Crippen LogP contribution is -2.42. The van der Waals surface area contributed by atoms with Gasteiger partial charge in [0.1, 0.15) is 5.78 Å². The lowest BCUT2D eigenvalue weighted by Gasteiger charge is -2.36. The Balaban J connectivity index is 2.48. The maximum atomic E-state index is 11.6. The molecule has 1 aliphatic carbocycles. The maximum absolute atomic E-state index is 11.6. The first-order valence-electron chi connectivity index (χ1n) is 6.05. The Labute approximate surface area is 94.0 Å². The van der Waals surface area contributed by atoms with Crippen molar-refractivity contribution in [3.05, 3.63) is 0 Å². The molecule has 1 rings (SSSR count). The fraction of sp³-hybridized carbons (Fsp3) is 0.923. The van der Waals surface area contributed by atoms with Gasteiger partial charge in [-0.3, -0.25) is 4.79 Å². The summed E-state index contributed by atoms with van der Waals surface area (Å²) in [4.78, 5) is 13.9. The Morgan fingerprint density at radius 2 is 2.07 bits per heavy atom. The molecule has 0 aromatic heterocycles. The number of ketones is 1. The first kappa shape index (κ1) is 12.7. The summed E-state index contributed by atoms with van der Waals surface area (Å²) in [7, 11) is 2.14. The second kappa shape index (κ2) is 4.65. The molecule has 0 spiro atoms. The van der Waals surface area contributed by atoms with Crippen LogP contribution in [0.3, 0.4) is 0 Å². The molecule has 0 amide bonds. The second-order valence-electron chi connectivity index (χ2n) is 6.04. The fourth-order valence-electron chi connectivity index (χ4n) is 2.25. The quantitative estimate of drug-likeness (QED) is 0.715. The number of hydrogen-bond donors (Lipinski definition) is 0. The third-order valence-corrected chi connectivity index (χ3v) is 3.85. The average molecular weight is 211 g/mol. The van der Waals surface area contributed by atoms with Gasteiger partial charge in [0, 0.05) is 24.9 Å². The summed E-state index contributed by atoms with van der Waals surface area (Å²) in [6.45, 7) is 9.95. The third kappa shape index (κ3) is 3.30. The van der Waals surface area contributed by atoms with Crippen LogP contribution >= 0.6 is 0 Å². The Morgan fingerprint density at radius 3 is 2.47 bits per heavy atom. The minimum absolute atomic E-state index is 0.288. The van der Waals surface area contributed by atoms with E-state index in [9.17, 15) is 4.79 Å². The van der Waals surface area contributed by atoms with Gasteiger partial charge in [-0.05, 0) is 32.2 Å². The summed E-state index contributed by atoms with van der Waals surface area (Å²) in [6, 6.07) is 0.519. The van der Waals surface area contributed by atoms with E-state index in [1.54, 1.807) is 0 Å². The molecular formula is C13H25NO. The van der Waals surface area contributed by atoms with Gasteiger partial charge in [-0.15, -0.1) is 0 Å². The maximum Gasteiger partial charge on any atom is 0.137 e. The van der Waals surface area contributed by atoms with Gasteiger partial charge in [0.15, 0.2) is 0 Å². The van der Waals surface area contributed by atoms with Crippen LogP contribution in [-0.4, -0.2) is 30.3 Å². The van der Waals surface area contributed by atoms with Crippen LogP contribution in [0.2, 0.25) is 0 Å². The molecule has 15 heavy (non-hydrogen) atoms. The van der Waals surface area contributed by atoms with Gasteiger partial charge in [-0.1, -0.05) is 20.8 Å². The minimum atomic E-state index is 0.288. The van der Waals surface area contributed by atoms with Crippen LogP contribution in [0.5, 0.6) is 0 Å². The van der Waals surface area contributed by atoms with Crippen molar-refractivity contribution >= 4 is 5.78 Å². The molecule has 0 aromatic carbocycles. The van der Waals surface area contributed by atoms with Gasteiger partial charge in [0.05, 0.1) is 0 Å². The summed E-state index contributed by atoms with van der Waals surface area (Å²) >= 11 is 0. The van der Waals surface area contributed by atoms with E-state index in [-0.39, 0.29) is 5.41 Å². The predicted octanol–water partition coefficient (Wildman–Crippen LogP) is 2.72. The summed E-state index contributed by atoms with van der Waals surface area (Å²) in [5.74, 6) is 0.780. The molecule has 1 fully saturated rings. The van der Waals surface area contributed by atoms with Crippen LogP contribution in [0.15, 0.2) is 0 Å². The molecule has 0 radical (unpaired) electrons. The number of Topliss-reactive ketones (excluding diaryl/α,β-unsaturated/α-hetero) is 1. The van der Waals surface area contributed by atoms with Gasteiger partial charge in [0.2, 0.25) is 0 Å². The Kier molecular flexibility index (Phi) is 3.93. The predicted molar refractivity (Wildman–Crippen MR) is 63.9 cm³/mol. The summed E-state index contributed by atoms with van der Waals surface area (Å²) < 4.78 is 0. The summed E-state index contributed by atoms with van der Waals surface area (Å²) in [5, 5.41) is 0. The average Bonchev–Trinajstić information content (AvgIpc) is 2.49. The van der Waals surface area contributed by atoms with E-state index < -0.39 is 0 Å². The van der Waals surface area contributed by atoms with Crippen molar-refractivity contribution in [2.45, 2.75) is 53.0 Å². The summed E-state index contributed by atoms with van der Waals surface area (Å²) in [6.07, 6.45) is 3.00. The monoisotopic (exact) mass is 211 g/mol. The molecule has 2 atom stereocenters. The molecule has 2 unspecified atom stereocenters. The van der Waals surface area contributed by atoms with Crippen molar-refractivity contribution in [2.75, 3.05) is 13.6 Å². The molecule has 1 aliphatic rings. The molecule has 2 heteroatoms. The highest BCUT2D eigenvalue weighted by Crippen LogP contribution is 2.27. The SMILES string of the molecule is CC(N(C)CC1CCCC1=O)C(C)(C)C. The van der Waals surface area contributed by atoms with Gasteiger partial charge in [0.25, 0.3) is 0 Å². The Morgan fingerprint density at radius 1 is 1.47 bits per heavy atom. The van der Waals surface area contributed by atoms with Gasteiger partial charge in [-0.25, -0.2) is 0 Å². The number of rotatable bonds is 3. The Bertz CT molecular complexity index is 229. The first-order chi connectivity index (χ1) is 6.82. The minimum Gasteiger partial charge on any atom is -0.302 e. The van der Waals surface area contributed by atoms with Crippen LogP contribution in [0, 0.1) is 11.3 Å². The topological polar surface area (TPSA) is 20.3 Å². The molecule has 0 bridgehead atoms. The van der Waals surface area contributed by atoms with Gasteiger partial charge >= 0.3 is 0 Å². The van der Waals surface area contributed by atoms with Gasteiger partial charge < -0.3 is 4.90 Å². The number of hydrogen-bond acceptors (Lipinski definition) is 2. The van der Waals surface area contributed by atoms with Crippen molar-refractivity contribution in [1.82, 2.24) is 4.90 Å². The van der Waals surface area contributed by atoms with Crippen molar-refractivity contribution < 1.29 is 4.79 Å². The Hall–Kier alpha value is -0.370. The normalized spacial score (nSPS) is 24.9. The zero-order chi connectivity index (χ0) is 11.6. The van der Waals surface area contributed by atoms with E-state index in [2.05, 4.69) is 39.6 Å². The zero-order valence-corrected chi connectivity index (χ0v) is 10.8. The van der Waals surface area contributed by atoms with Crippen LogP contribution in [0.25, 0.3) is 0 Å². The highest BCUT2D eigenvalue weighted by atomic mass is 16.1. The first-order valence-corrected chi connectivity index (χ1v) is 6.05. The third-order valence-electron chi connectivity index (χ3n) is 3.85. The van der Waals surface area contributed by atoms with E-state index in [1.807, 2.05) is 0 Å². The van der Waals surface area contributed by atoms with E-state index in [0.717, 1.165) is 25.8 Å². The van der Waals surface area contributed by atoms with Crippen LogP contribution < -0.4 is 0 Å². The molecule has 88 valence electrons. The molecule has 2 nitrogen and oxygen atoms in total. The standard InChI is InChI=1S/C13H25NO/c1-10(13(2,3)4)14(5)9-11-7-6-8-12(11)15/h10-11H,6-9H2,1-5H3. The molecule has 0 aromatic rings. The van der Waals surface area contributed by atoms with E-state index >= 15 is 0 Å². The van der Waals surface area contributed by atoms with Crippen molar-refractivity contribution in [2.24, 2.45) is 11.3 Å². The molecular weight excluding hydrogens is 186 g/mol. The number of nitrogens with zero attached hydrogens (tertiary/aromatic N) is 1. The highest BCUT2D eigenvalue weighted by molar-refractivity contribution is 5.83. The van der Waals surface area contributed by atoms with Crippen LogP contribution in [0.4, 0.5) is 0 Å². The van der Waals surface area contributed by atoms with E-state index in [0.29, 0.717) is 17.7 Å². The fourth-order valence-corrected chi connectivity index (χ4v) is 2.25. The highest BCUT2D eigenvalue weighted by Gasteiger charge is 2.29. The smallest absolute Gasteiger partial charge is 0.137 e. The van der Waals surface area contributed by atoms with Crippen molar-refractivity contribution in [3.8, 4) is 0 Å². The molecule has 0 N–H and O–H groups in total. The molecule has 0 heterocycles. The largest absolute Gasteiger partial charge is 0.302 e. The van der Waals surface area contributed by atoms with Crippen LogP contribution in [0.1, 0.15) is 47.0 Å². The molecule has 0 aliphatic heterocycles. The second-order valence-corrected chi connectivity index (χ2v) is 6.04.